The van der Waals surface area contributed by atoms with Crippen LogP contribution < -0.4 is 11.7 Å². The molecule has 1 aromatic carbocycles. The van der Waals surface area contributed by atoms with E-state index in [0.717, 1.165) is 18.4 Å². The van der Waals surface area contributed by atoms with E-state index in [1.807, 2.05) is 6.07 Å². The van der Waals surface area contributed by atoms with Crippen molar-refractivity contribution in [1.29, 1.82) is 0 Å². The van der Waals surface area contributed by atoms with E-state index < -0.39 is 10.1 Å². The lowest BCUT2D eigenvalue weighted by Gasteiger charge is -2.07. The number of hydrogen-bond donors (Lipinski definition) is 3. The maximum atomic E-state index is 11.3. The second-order valence-corrected chi connectivity index (χ2v) is 7.40. The number of aryl methyl sites for hydroxylation is 1. The Labute approximate surface area is 147 Å². The molecule has 0 spiro atoms. The quantitative estimate of drug-likeness (QED) is 0.224. The lowest BCUT2D eigenvalue weighted by molar-refractivity contribution is 0.481. The van der Waals surface area contributed by atoms with Crippen LogP contribution in [0.5, 0.6) is 0 Å². The predicted octanol–water partition coefficient (Wildman–Crippen LogP) is 4.22. The van der Waals surface area contributed by atoms with Crippen molar-refractivity contribution in [3.63, 3.8) is 0 Å². The molecule has 0 atom stereocenters. The van der Waals surface area contributed by atoms with Gasteiger partial charge in [-0.15, -0.1) is 0 Å². The average Bonchev–Trinajstić information content (AvgIpc) is 2.58. The molecule has 0 aliphatic carbocycles. The molecule has 0 saturated carbocycles. The zero-order chi connectivity index (χ0) is 18.3. The minimum atomic E-state index is -4.10. The molecule has 0 aliphatic heterocycles. The monoisotopic (exact) mass is 358 g/mol. The first-order valence-corrected chi connectivity index (χ1v) is 10.4. The van der Waals surface area contributed by atoms with Gasteiger partial charge in [0.05, 0.1) is 4.90 Å². The zero-order valence-electron chi connectivity index (χ0n) is 14.9. The molecular weight excluding hydrogens is 324 g/mol. The lowest BCUT2D eigenvalue weighted by Crippen LogP contribution is -2.03. The van der Waals surface area contributed by atoms with E-state index in [-0.39, 0.29) is 4.90 Å². The zero-order valence-corrected chi connectivity index (χ0v) is 15.7. The summed E-state index contributed by atoms with van der Waals surface area (Å²) in [5.74, 6) is 8.00. The lowest BCUT2D eigenvalue weighted by atomic mass is 10.0. The average molecular weight is 359 g/mol. The molecule has 24 heavy (non-hydrogen) atoms. The van der Waals surface area contributed by atoms with Crippen LogP contribution in [0.1, 0.15) is 76.7 Å². The Morgan fingerprint density at radius 3 is 1.79 bits per heavy atom. The topological polar surface area (TPSA) is 106 Å². The van der Waals surface area contributed by atoms with Crippen molar-refractivity contribution in [2.45, 2.75) is 82.4 Å². The van der Waals surface area contributed by atoms with Gasteiger partial charge in [-0.05, 0) is 24.5 Å². The summed E-state index contributed by atoms with van der Waals surface area (Å²) in [6, 6.07) is 6.73. The first-order chi connectivity index (χ1) is 11.6. The Bertz CT molecular complexity index is 519. The van der Waals surface area contributed by atoms with E-state index >= 15 is 0 Å². The summed E-state index contributed by atoms with van der Waals surface area (Å²) in [5.41, 5.74) is 0.726. The fourth-order valence-electron chi connectivity index (χ4n) is 2.76. The van der Waals surface area contributed by atoms with Gasteiger partial charge in [0.25, 0.3) is 10.1 Å². The molecule has 140 valence electrons. The van der Waals surface area contributed by atoms with Crippen LogP contribution in [0.15, 0.2) is 29.2 Å². The summed E-state index contributed by atoms with van der Waals surface area (Å²) in [6.45, 7) is 2.24. The van der Waals surface area contributed by atoms with Crippen LogP contribution in [-0.2, 0) is 16.5 Å². The normalized spacial score (nSPS) is 11.0. The smallest absolute Gasteiger partial charge is 0.282 e. The summed E-state index contributed by atoms with van der Waals surface area (Å²) in [7, 11) is -4.10. The first-order valence-electron chi connectivity index (χ1n) is 8.94. The van der Waals surface area contributed by atoms with Gasteiger partial charge in [0, 0.05) is 0 Å². The third-order valence-electron chi connectivity index (χ3n) is 4.05. The van der Waals surface area contributed by atoms with Gasteiger partial charge in [-0.1, -0.05) is 82.9 Å². The Morgan fingerprint density at radius 2 is 1.29 bits per heavy atom. The van der Waals surface area contributed by atoms with Gasteiger partial charge in [0.2, 0.25) is 0 Å². The van der Waals surface area contributed by atoms with Crippen LogP contribution in [0.3, 0.4) is 0 Å². The van der Waals surface area contributed by atoms with Gasteiger partial charge >= 0.3 is 0 Å². The van der Waals surface area contributed by atoms with E-state index in [0.29, 0.717) is 6.42 Å². The van der Waals surface area contributed by atoms with Crippen molar-refractivity contribution >= 4 is 10.1 Å². The van der Waals surface area contributed by atoms with Crippen molar-refractivity contribution in [2.75, 3.05) is 0 Å². The SMILES string of the molecule is CCCCCCCCCCCCc1ccccc1S(=O)(=O)O.NN. The van der Waals surface area contributed by atoms with Crippen LogP contribution in [0, 0.1) is 0 Å². The van der Waals surface area contributed by atoms with Gasteiger partial charge in [0.1, 0.15) is 0 Å². The number of benzene rings is 1. The van der Waals surface area contributed by atoms with Gasteiger partial charge in [-0.3, -0.25) is 16.2 Å². The number of unbranched alkanes of at least 4 members (excludes halogenated alkanes) is 9. The Hall–Kier alpha value is -0.950. The van der Waals surface area contributed by atoms with Crippen molar-refractivity contribution < 1.29 is 13.0 Å². The first kappa shape index (κ1) is 23.1. The molecule has 0 radical (unpaired) electrons. The molecule has 0 bridgehead atoms. The van der Waals surface area contributed by atoms with Crippen LogP contribution >= 0.6 is 0 Å². The summed E-state index contributed by atoms with van der Waals surface area (Å²) in [6.07, 6.45) is 13.3. The third-order valence-corrected chi connectivity index (χ3v) is 5.00. The van der Waals surface area contributed by atoms with Crippen LogP contribution in [-0.4, -0.2) is 13.0 Å². The largest absolute Gasteiger partial charge is 0.294 e. The molecule has 5 N–H and O–H groups in total. The fourth-order valence-corrected chi connectivity index (χ4v) is 3.52. The molecule has 0 amide bonds. The number of hydrogen-bond acceptors (Lipinski definition) is 4. The molecule has 0 saturated heterocycles. The van der Waals surface area contributed by atoms with Gasteiger partial charge < -0.3 is 0 Å². The number of rotatable bonds is 12. The van der Waals surface area contributed by atoms with E-state index in [1.165, 1.54) is 57.4 Å². The van der Waals surface area contributed by atoms with E-state index in [9.17, 15) is 13.0 Å². The van der Waals surface area contributed by atoms with Crippen LogP contribution in [0.4, 0.5) is 0 Å². The van der Waals surface area contributed by atoms with Crippen molar-refractivity contribution in [3.8, 4) is 0 Å². The van der Waals surface area contributed by atoms with E-state index in [4.69, 9.17) is 0 Å². The van der Waals surface area contributed by atoms with Crippen molar-refractivity contribution in [2.24, 2.45) is 11.7 Å². The van der Waals surface area contributed by atoms with Crippen LogP contribution in [0.2, 0.25) is 0 Å². The molecule has 0 unspecified atom stereocenters. The molecule has 6 heteroatoms. The summed E-state index contributed by atoms with van der Waals surface area (Å²) < 4.78 is 31.8. The summed E-state index contributed by atoms with van der Waals surface area (Å²) in [5, 5.41) is 0. The maximum Gasteiger partial charge on any atom is 0.294 e. The standard InChI is InChI=1S/C18H30O3S.H4N2/c1-2-3-4-5-6-7-8-9-10-11-14-17-15-12-13-16-18(17)22(19,20)21;1-2/h12-13,15-16H,2-11,14H2,1H3,(H,19,20,21);1-2H2. The Balaban J connectivity index is 0.00000254. The second kappa shape index (κ2) is 14.4. The van der Waals surface area contributed by atoms with Gasteiger partial charge in [0.15, 0.2) is 0 Å². The molecule has 0 fully saturated rings. The van der Waals surface area contributed by atoms with Crippen LogP contribution in [0.25, 0.3) is 0 Å². The molecular formula is C18H34N2O3S. The molecule has 1 aromatic rings. The highest BCUT2D eigenvalue weighted by molar-refractivity contribution is 7.85. The summed E-state index contributed by atoms with van der Waals surface area (Å²) in [4.78, 5) is 0.0610. The minimum absolute atomic E-state index is 0.0610. The van der Waals surface area contributed by atoms with Crippen molar-refractivity contribution in [3.05, 3.63) is 29.8 Å². The highest BCUT2D eigenvalue weighted by Crippen LogP contribution is 2.18. The highest BCUT2D eigenvalue weighted by Gasteiger charge is 2.13. The molecule has 0 heterocycles. The molecule has 0 aliphatic rings. The van der Waals surface area contributed by atoms with E-state index in [1.54, 1.807) is 12.1 Å². The highest BCUT2D eigenvalue weighted by atomic mass is 32.2. The Morgan fingerprint density at radius 1 is 0.833 bits per heavy atom. The van der Waals surface area contributed by atoms with E-state index in [2.05, 4.69) is 18.6 Å². The number of nitrogens with two attached hydrogens (primary N) is 2. The molecule has 0 aromatic heterocycles. The fraction of sp³-hybridized carbons (Fsp3) is 0.667. The third kappa shape index (κ3) is 10.8. The second-order valence-electron chi connectivity index (χ2n) is 6.01. The maximum absolute atomic E-state index is 11.3. The number of hydrazine groups is 1. The molecule has 1 rings (SSSR count). The van der Waals surface area contributed by atoms with Crippen molar-refractivity contribution in [1.82, 2.24) is 0 Å². The predicted molar refractivity (Wildman–Crippen MR) is 100 cm³/mol. The Kier molecular flexibility index (Phi) is 13.8. The van der Waals surface area contributed by atoms with Gasteiger partial charge in [-0.25, -0.2) is 0 Å². The summed E-state index contributed by atoms with van der Waals surface area (Å²) >= 11 is 0. The minimum Gasteiger partial charge on any atom is -0.282 e. The molecule has 5 nitrogen and oxygen atoms in total. The van der Waals surface area contributed by atoms with Gasteiger partial charge in [-0.2, -0.15) is 8.42 Å².